The van der Waals surface area contributed by atoms with Gasteiger partial charge in [-0.1, -0.05) is 18.2 Å². The average molecular weight is 306 g/mol. The molecule has 0 atom stereocenters. The van der Waals surface area contributed by atoms with E-state index in [-0.39, 0.29) is 11.4 Å². The first-order valence-electron chi connectivity index (χ1n) is 5.97. The number of ether oxygens (including phenoxy) is 1. The summed E-state index contributed by atoms with van der Waals surface area (Å²) >= 11 is 1.26. The summed E-state index contributed by atoms with van der Waals surface area (Å²) in [5, 5.41) is 7.05. The Hall–Kier alpha value is -2.48. The number of nitrogens with zero attached hydrogens (tertiary/aromatic N) is 2. The number of para-hydroxylation sites is 1. The number of rotatable bonds is 4. The number of carbonyl (C=O) groups excluding carboxylic acids is 2. The Labute approximate surface area is 125 Å². The molecule has 110 valence electrons. The first kappa shape index (κ1) is 14.9. The lowest BCUT2D eigenvalue weighted by molar-refractivity contribution is 0.0998. The number of nitrogens with two attached hydrogens (primary N) is 1. The SMILES string of the molecule is CSc1nn(C)c(NC(=O)Oc2ccccc2)c1C(N)=O. The van der Waals surface area contributed by atoms with Crippen LogP contribution in [0.25, 0.3) is 0 Å². The summed E-state index contributed by atoms with van der Waals surface area (Å²) in [6, 6.07) is 8.58. The number of anilines is 1. The molecule has 1 heterocycles. The van der Waals surface area contributed by atoms with Crippen LogP contribution in [0, 0.1) is 0 Å². The molecule has 0 aliphatic rings. The van der Waals surface area contributed by atoms with E-state index in [0.29, 0.717) is 10.8 Å². The number of thioether (sulfide) groups is 1. The maximum absolute atomic E-state index is 11.9. The van der Waals surface area contributed by atoms with Gasteiger partial charge in [-0.2, -0.15) is 5.10 Å². The Balaban J connectivity index is 2.21. The van der Waals surface area contributed by atoms with E-state index in [1.54, 1.807) is 37.6 Å². The van der Waals surface area contributed by atoms with Crippen molar-refractivity contribution >= 4 is 29.6 Å². The predicted octanol–water partition coefficient (Wildman–Crippen LogP) is 1.85. The van der Waals surface area contributed by atoms with Crippen molar-refractivity contribution in [1.29, 1.82) is 0 Å². The van der Waals surface area contributed by atoms with Gasteiger partial charge in [0.05, 0.1) is 0 Å². The Kier molecular flexibility index (Phi) is 4.49. The molecule has 8 heteroatoms. The molecule has 0 spiro atoms. The average Bonchev–Trinajstić information content (AvgIpc) is 2.76. The van der Waals surface area contributed by atoms with Crippen molar-refractivity contribution in [3.8, 4) is 5.75 Å². The summed E-state index contributed by atoms with van der Waals surface area (Å²) in [4.78, 5) is 23.4. The number of aromatic nitrogens is 2. The minimum atomic E-state index is -0.723. The Morgan fingerprint density at radius 1 is 1.33 bits per heavy atom. The molecule has 2 amide bonds. The van der Waals surface area contributed by atoms with Gasteiger partial charge in [0, 0.05) is 7.05 Å². The van der Waals surface area contributed by atoms with Gasteiger partial charge in [-0.15, -0.1) is 11.8 Å². The molecular weight excluding hydrogens is 292 g/mol. The summed E-state index contributed by atoms with van der Waals surface area (Å²) in [6.07, 6.45) is 1.04. The summed E-state index contributed by atoms with van der Waals surface area (Å²) in [6.45, 7) is 0. The number of amides is 2. The van der Waals surface area contributed by atoms with Gasteiger partial charge in [-0.3, -0.25) is 14.8 Å². The van der Waals surface area contributed by atoms with E-state index in [0.717, 1.165) is 0 Å². The van der Waals surface area contributed by atoms with Crippen LogP contribution in [0.5, 0.6) is 5.75 Å². The van der Waals surface area contributed by atoms with Gasteiger partial charge in [0.25, 0.3) is 5.91 Å². The monoisotopic (exact) mass is 306 g/mol. The molecule has 1 aromatic carbocycles. The molecule has 0 saturated carbocycles. The van der Waals surface area contributed by atoms with E-state index in [9.17, 15) is 9.59 Å². The fraction of sp³-hybridized carbons (Fsp3) is 0.154. The first-order chi connectivity index (χ1) is 10.0. The fourth-order valence-electron chi connectivity index (χ4n) is 1.73. The maximum Gasteiger partial charge on any atom is 0.418 e. The summed E-state index contributed by atoms with van der Waals surface area (Å²) in [5.74, 6) is -0.0712. The van der Waals surface area contributed by atoms with Crippen molar-refractivity contribution < 1.29 is 14.3 Å². The molecule has 0 radical (unpaired) electrons. The molecule has 7 nitrogen and oxygen atoms in total. The Bertz CT molecular complexity index is 670. The number of nitrogens with one attached hydrogen (secondary N) is 1. The van der Waals surface area contributed by atoms with Crippen molar-refractivity contribution in [3.63, 3.8) is 0 Å². The zero-order valence-electron chi connectivity index (χ0n) is 11.5. The predicted molar refractivity (Wildman–Crippen MR) is 79.6 cm³/mol. The minimum absolute atomic E-state index is 0.162. The Morgan fingerprint density at radius 3 is 2.57 bits per heavy atom. The highest BCUT2D eigenvalue weighted by Gasteiger charge is 2.22. The molecule has 3 N–H and O–H groups in total. The van der Waals surface area contributed by atoms with Crippen molar-refractivity contribution in [1.82, 2.24) is 9.78 Å². The molecule has 2 rings (SSSR count). The fourth-order valence-corrected chi connectivity index (χ4v) is 2.33. The first-order valence-corrected chi connectivity index (χ1v) is 7.20. The molecule has 0 fully saturated rings. The molecule has 21 heavy (non-hydrogen) atoms. The van der Waals surface area contributed by atoms with E-state index in [1.165, 1.54) is 16.4 Å². The van der Waals surface area contributed by atoms with Gasteiger partial charge in [0.1, 0.15) is 22.2 Å². The normalized spacial score (nSPS) is 10.2. The minimum Gasteiger partial charge on any atom is -0.410 e. The molecular formula is C13H14N4O3S. The third-order valence-electron chi connectivity index (χ3n) is 2.63. The second-order valence-corrected chi connectivity index (χ2v) is 4.84. The highest BCUT2D eigenvalue weighted by molar-refractivity contribution is 7.98. The van der Waals surface area contributed by atoms with E-state index >= 15 is 0 Å². The van der Waals surface area contributed by atoms with Crippen molar-refractivity contribution in [2.75, 3.05) is 11.6 Å². The summed E-state index contributed by atoms with van der Waals surface area (Å²) in [5.41, 5.74) is 5.50. The quantitative estimate of drug-likeness (QED) is 0.840. The van der Waals surface area contributed by atoms with Crippen LogP contribution in [0.3, 0.4) is 0 Å². The number of carbonyl (C=O) groups is 2. The van der Waals surface area contributed by atoms with Crippen LogP contribution in [-0.2, 0) is 7.05 Å². The third kappa shape index (κ3) is 3.34. The number of primary amides is 1. The lowest BCUT2D eigenvalue weighted by Crippen LogP contribution is -2.22. The maximum atomic E-state index is 11.9. The zero-order valence-corrected chi connectivity index (χ0v) is 12.3. The third-order valence-corrected chi connectivity index (χ3v) is 3.30. The largest absolute Gasteiger partial charge is 0.418 e. The van der Waals surface area contributed by atoms with E-state index < -0.39 is 12.0 Å². The van der Waals surface area contributed by atoms with Crippen LogP contribution in [0.15, 0.2) is 35.4 Å². The van der Waals surface area contributed by atoms with E-state index in [2.05, 4.69) is 10.4 Å². The van der Waals surface area contributed by atoms with Crippen LogP contribution < -0.4 is 15.8 Å². The molecule has 0 bridgehead atoms. The van der Waals surface area contributed by atoms with E-state index in [1.807, 2.05) is 6.07 Å². The van der Waals surface area contributed by atoms with Gasteiger partial charge in [0.2, 0.25) is 0 Å². The standard InChI is InChI=1S/C13H14N4O3S/c1-17-11(9(10(14)18)12(16-17)21-2)15-13(19)20-8-6-4-3-5-7-8/h3-7H,1-2H3,(H2,14,18)(H,15,19). The van der Waals surface area contributed by atoms with Crippen LogP contribution in [-0.4, -0.2) is 28.0 Å². The lowest BCUT2D eigenvalue weighted by atomic mass is 10.3. The number of benzene rings is 1. The summed E-state index contributed by atoms with van der Waals surface area (Å²) < 4.78 is 6.47. The summed E-state index contributed by atoms with van der Waals surface area (Å²) in [7, 11) is 1.60. The second kappa shape index (κ2) is 6.31. The Morgan fingerprint density at radius 2 is 2.00 bits per heavy atom. The highest BCUT2D eigenvalue weighted by atomic mass is 32.2. The van der Waals surface area contributed by atoms with Crippen LogP contribution in [0.4, 0.5) is 10.6 Å². The second-order valence-electron chi connectivity index (χ2n) is 4.05. The molecule has 0 aliphatic carbocycles. The molecule has 0 saturated heterocycles. The van der Waals surface area contributed by atoms with Crippen LogP contribution >= 0.6 is 11.8 Å². The van der Waals surface area contributed by atoms with Gasteiger partial charge >= 0.3 is 6.09 Å². The topological polar surface area (TPSA) is 99.2 Å². The van der Waals surface area contributed by atoms with Crippen molar-refractivity contribution in [3.05, 3.63) is 35.9 Å². The van der Waals surface area contributed by atoms with Crippen molar-refractivity contribution in [2.24, 2.45) is 12.8 Å². The lowest BCUT2D eigenvalue weighted by Gasteiger charge is -2.07. The van der Waals surface area contributed by atoms with Crippen LogP contribution in [0.2, 0.25) is 0 Å². The number of aryl methyl sites for hydroxylation is 1. The highest BCUT2D eigenvalue weighted by Crippen LogP contribution is 2.26. The van der Waals surface area contributed by atoms with Crippen molar-refractivity contribution in [2.45, 2.75) is 5.03 Å². The van der Waals surface area contributed by atoms with Crippen LogP contribution in [0.1, 0.15) is 10.4 Å². The van der Waals surface area contributed by atoms with Gasteiger partial charge in [0.15, 0.2) is 0 Å². The number of hydrogen-bond donors (Lipinski definition) is 2. The van der Waals surface area contributed by atoms with Gasteiger partial charge in [-0.25, -0.2) is 4.79 Å². The number of hydrogen-bond acceptors (Lipinski definition) is 5. The molecule has 1 aromatic heterocycles. The van der Waals surface area contributed by atoms with E-state index in [4.69, 9.17) is 10.5 Å². The molecule has 0 unspecified atom stereocenters. The smallest absolute Gasteiger partial charge is 0.410 e. The van der Waals surface area contributed by atoms with Gasteiger partial charge < -0.3 is 10.5 Å². The zero-order chi connectivity index (χ0) is 15.4. The van der Waals surface area contributed by atoms with Gasteiger partial charge in [-0.05, 0) is 18.4 Å². The molecule has 0 aliphatic heterocycles. The molecule has 2 aromatic rings.